The van der Waals surface area contributed by atoms with Gasteiger partial charge in [-0.1, -0.05) is 0 Å². The van der Waals surface area contributed by atoms with E-state index in [1.54, 1.807) is 0 Å². The number of nitrogens with one attached hydrogen (secondary N) is 1. The topological polar surface area (TPSA) is 65.5 Å². The van der Waals surface area contributed by atoms with Crippen LogP contribution in [0.15, 0.2) is 18.3 Å². The molecule has 2 aliphatic heterocycles. The van der Waals surface area contributed by atoms with Crippen molar-refractivity contribution in [2.75, 3.05) is 24.5 Å². The molecular weight excluding hydrogens is 256 g/mol. The molecule has 6 nitrogen and oxygen atoms in total. The Hall–Kier alpha value is -2.11. The molecule has 3 rings (SSSR count). The smallest absolute Gasteiger partial charge is 0.324 e. The predicted molar refractivity (Wildman–Crippen MR) is 74.5 cm³/mol. The molecule has 3 heterocycles. The van der Waals surface area contributed by atoms with Crippen LogP contribution in [0, 0.1) is 6.92 Å². The fourth-order valence-electron chi connectivity index (χ4n) is 2.91. The molecule has 0 atom stereocenters. The zero-order valence-electron chi connectivity index (χ0n) is 11.5. The average Bonchev–Trinajstić information content (AvgIpc) is 2.78. The molecule has 0 bridgehead atoms. The van der Waals surface area contributed by atoms with Crippen molar-refractivity contribution >= 4 is 17.6 Å². The molecule has 6 heteroatoms. The normalized spacial score (nSPS) is 20.4. The van der Waals surface area contributed by atoms with Gasteiger partial charge in [-0.2, -0.15) is 0 Å². The molecule has 2 saturated heterocycles. The molecule has 1 aromatic heterocycles. The predicted octanol–water partition coefficient (Wildman–Crippen LogP) is 0.911. The summed E-state index contributed by atoms with van der Waals surface area (Å²) in [7, 11) is 0. The van der Waals surface area contributed by atoms with Gasteiger partial charge in [-0.05, 0) is 31.9 Å². The Balaban J connectivity index is 1.65. The number of urea groups is 1. The third kappa shape index (κ3) is 2.33. The van der Waals surface area contributed by atoms with Crippen LogP contribution >= 0.6 is 0 Å². The summed E-state index contributed by atoms with van der Waals surface area (Å²) >= 11 is 0. The summed E-state index contributed by atoms with van der Waals surface area (Å²) in [5, 5.41) is 2.58. The second-order valence-electron chi connectivity index (χ2n) is 5.30. The first-order valence-electron chi connectivity index (χ1n) is 6.92. The Morgan fingerprint density at radius 3 is 2.65 bits per heavy atom. The number of amides is 3. The lowest BCUT2D eigenvalue weighted by molar-refractivity contribution is -0.126. The van der Waals surface area contributed by atoms with Crippen molar-refractivity contribution in [2.24, 2.45) is 0 Å². The van der Waals surface area contributed by atoms with E-state index < -0.39 is 0 Å². The van der Waals surface area contributed by atoms with Gasteiger partial charge in [0.15, 0.2) is 0 Å². The van der Waals surface area contributed by atoms with Gasteiger partial charge >= 0.3 is 6.03 Å². The van der Waals surface area contributed by atoms with Gasteiger partial charge in [0.25, 0.3) is 0 Å². The number of anilines is 1. The minimum Gasteiger partial charge on any atom is -0.371 e. The molecule has 0 aromatic carbocycles. The third-order valence-electron chi connectivity index (χ3n) is 3.95. The second kappa shape index (κ2) is 5.11. The number of carbonyl (C=O) groups is 2. The molecule has 3 amide bonds. The van der Waals surface area contributed by atoms with Crippen LogP contribution in [0.3, 0.4) is 0 Å². The molecule has 1 N–H and O–H groups in total. The first-order chi connectivity index (χ1) is 9.65. The fourth-order valence-corrected chi connectivity index (χ4v) is 2.91. The van der Waals surface area contributed by atoms with Gasteiger partial charge in [0, 0.05) is 36.7 Å². The molecule has 0 radical (unpaired) electrons. The number of aromatic nitrogens is 1. The molecule has 2 fully saturated rings. The monoisotopic (exact) mass is 274 g/mol. The molecule has 0 spiro atoms. The summed E-state index contributed by atoms with van der Waals surface area (Å²) < 4.78 is 0. The number of piperidine rings is 1. The van der Waals surface area contributed by atoms with Crippen LogP contribution in [-0.2, 0) is 4.79 Å². The first kappa shape index (κ1) is 12.9. The average molecular weight is 274 g/mol. The number of hydrogen-bond acceptors (Lipinski definition) is 4. The highest BCUT2D eigenvalue weighted by atomic mass is 16.2. The van der Waals surface area contributed by atoms with Gasteiger partial charge in [-0.15, -0.1) is 0 Å². The molecule has 0 saturated carbocycles. The third-order valence-corrected chi connectivity index (χ3v) is 3.95. The van der Waals surface area contributed by atoms with Crippen molar-refractivity contribution < 1.29 is 9.59 Å². The van der Waals surface area contributed by atoms with Crippen LogP contribution in [0.1, 0.15) is 18.5 Å². The van der Waals surface area contributed by atoms with Crippen molar-refractivity contribution in [3.63, 3.8) is 0 Å². The van der Waals surface area contributed by atoms with E-state index in [4.69, 9.17) is 0 Å². The fraction of sp³-hybridized carbons (Fsp3) is 0.500. The lowest BCUT2D eigenvalue weighted by Gasteiger charge is -2.36. The van der Waals surface area contributed by atoms with Gasteiger partial charge in [-0.25, -0.2) is 4.79 Å². The van der Waals surface area contributed by atoms with E-state index in [9.17, 15) is 9.59 Å². The van der Waals surface area contributed by atoms with E-state index in [1.807, 2.05) is 19.2 Å². The summed E-state index contributed by atoms with van der Waals surface area (Å²) in [6, 6.07) is 3.85. The Kier molecular flexibility index (Phi) is 3.30. The minimum atomic E-state index is -0.242. The summed E-state index contributed by atoms with van der Waals surface area (Å²) in [4.78, 5) is 31.2. The zero-order valence-corrected chi connectivity index (χ0v) is 11.5. The van der Waals surface area contributed by atoms with E-state index in [1.165, 1.54) is 4.90 Å². The Morgan fingerprint density at radius 2 is 2.05 bits per heavy atom. The Bertz CT molecular complexity index is 522. The molecule has 2 aliphatic rings. The van der Waals surface area contributed by atoms with Crippen LogP contribution in [0.5, 0.6) is 0 Å². The highest BCUT2D eigenvalue weighted by Crippen LogP contribution is 2.23. The van der Waals surface area contributed by atoms with Crippen LogP contribution in [0.25, 0.3) is 0 Å². The maximum atomic E-state index is 11.7. The summed E-state index contributed by atoms with van der Waals surface area (Å²) in [5.41, 5.74) is 2.16. The number of pyridine rings is 1. The largest absolute Gasteiger partial charge is 0.371 e. The molecule has 20 heavy (non-hydrogen) atoms. The number of aryl methyl sites for hydroxylation is 1. The molecule has 0 unspecified atom stereocenters. The Morgan fingerprint density at radius 1 is 1.30 bits per heavy atom. The van der Waals surface area contributed by atoms with Gasteiger partial charge in [0.1, 0.15) is 0 Å². The van der Waals surface area contributed by atoms with Crippen molar-refractivity contribution in [2.45, 2.75) is 25.8 Å². The van der Waals surface area contributed by atoms with E-state index in [2.05, 4.69) is 21.3 Å². The van der Waals surface area contributed by atoms with E-state index in [-0.39, 0.29) is 24.5 Å². The van der Waals surface area contributed by atoms with Crippen LogP contribution in [0.4, 0.5) is 10.5 Å². The molecule has 106 valence electrons. The van der Waals surface area contributed by atoms with Crippen molar-refractivity contribution in [1.29, 1.82) is 0 Å². The maximum absolute atomic E-state index is 11.7. The highest BCUT2D eigenvalue weighted by molar-refractivity contribution is 6.02. The molecular formula is C14H18N4O2. The van der Waals surface area contributed by atoms with Gasteiger partial charge in [-0.3, -0.25) is 14.7 Å². The lowest BCUT2D eigenvalue weighted by atomic mass is 10.0. The van der Waals surface area contributed by atoms with Crippen molar-refractivity contribution in [1.82, 2.24) is 15.2 Å². The van der Waals surface area contributed by atoms with Gasteiger partial charge in [0.05, 0.1) is 6.54 Å². The second-order valence-corrected chi connectivity index (χ2v) is 5.30. The van der Waals surface area contributed by atoms with Crippen molar-refractivity contribution in [3.05, 3.63) is 24.0 Å². The number of nitrogens with zero attached hydrogens (tertiary/aromatic N) is 3. The van der Waals surface area contributed by atoms with Gasteiger partial charge in [0.2, 0.25) is 5.91 Å². The quantitative estimate of drug-likeness (QED) is 0.814. The summed E-state index contributed by atoms with van der Waals surface area (Å²) in [6.07, 6.45) is 3.45. The number of hydrogen-bond donors (Lipinski definition) is 1. The minimum absolute atomic E-state index is 0.0317. The molecule has 1 aromatic rings. The van der Waals surface area contributed by atoms with Crippen LogP contribution in [-0.4, -0.2) is 47.5 Å². The zero-order chi connectivity index (χ0) is 14.1. The lowest BCUT2D eigenvalue weighted by Crippen LogP contribution is -2.47. The molecule has 0 aliphatic carbocycles. The van der Waals surface area contributed by atoms with Crippen molar-refractivity contribution in [3.8, 4) is 0 Å². The van der Waals surface area contributed by atoms with E-state index in [0.29, 0.717) is 0 Å². The summed E-state index contributed by atoms with van der Waals surface area (Å²) in [5.74, 6) is -0.104. The van der Waals surface area contributed by atoms with Crippen LogP contribution < -0.4 is 10.2 Å². The number of rotatable bonds is 2. The van der Waals surface area contributed by atoms with E-state index >= 15 is 0 Å². The van der Waals surface area contributed by atoms with Crippen LogP contribution in [0.2, 0.25) is 0 Å². The SMILES string of the molecule is Cc1cc(N2CCC(N3C(=O)CNC3=O)CC2)ccn1. The number of imide groups is 1. The first-order valence-corrected chi connectivity index (χ1v) is 6.92. The van der Waals surface area contributed by atoms with E-state index in [0.717, 1.165) is 37.3 Å². The maximum Gasteiger partial charge on any atom is 0.324 e. The highest BCUT2D eigenvalue weighted by Gasteiger charge is 2.36. The summed E-state index contributed by atoms with van der Waals surface area (Å²) in [6.45, 7) is 3.82. The van der Waals surface area contributed by atoms with Gasteiger partial charge < -0.3 is 10.2 Å². The number of carbonyl (C=O) groups excluding carboxylic acids is 2. The standard InChI is InChI=1S/C14H18N4O2/c1-10-8-12(2-5-15-10)17-6-3-11(4-7-17)18-13(19)9-16-14(18)20/h2,5,8,11H,3-4,6-7,9H2,1H3,(H,16,20). The Labute approximate surface area is 117 Å².